The molecule has 0 radical (unpaired) electrons. The van der Waals surface area contributed by atoms with Crippen molar-refractivity contribution in [2.75, 3.05) is 18.9 Å². The Labute approximate surface area is 164 Å². The van der Waals surface area contributed by atoms with E-state index in [1.54, 1.807) is 16.4 Å². The maximum atomic E-state index is 5.68. The van der Waals surface area contributed by atoms with E-state index in [2.05, 4.69) is 39.9 Å². The summed E-state index contributed by atoms with van der Waals surface area (Å²) in [7, 11) is 0. The van der Waals surface area contributed by atoms with E-state index < -0.39 is 0 Å². The minimum atomic E-state index is 0.760. The van der Waals surface area contributed by atoms with E-state index in [4.69, 9.17) is 4.74 Å². The first-order valence-electron chi connectivity index (χ1n) is 9.26. The molecule has 0 bridgehead atoms. The quantitative estimate of drug-likeness (QED) is 0.402. The third-order valence-corrected chi connectivity index (χ3v) is 4.88. The second-order valence-electron chi connectivity index (χ2n) is 6.08. The molecular formula is C20H25N5OS. The maximum Gasteiger partial charge on any atom is 0.214 e. The smallest absolute Gasteiger partial charge is 0.214 e. The molecule has 0 saturated carbocycles. The Balaban J connectivity index is 1.38. The van der Waals surface area contributed by atoms with Crippen LogP contribution >= 0.6 is 11.8 Å². The van der Waals surface area contributed by atoms with Gasteiger partial charge in [-0.25, -0.2) is 0 Å². The molecule has 27 heavy (non-hydrogen) atoms. The van der Waals surface area contributed by atoms with Crippen molar-refractivity contribution in [3.05, 3.63) is 60.2 Å². The molecule has 7 heteroatoms. The van der Waals surface area contributed by atoms with Crippen LogP contribution in [0.4, 0.5) is 0 Å². The predicted octanol–water partition coefficient (Wildman–Crippen LogP) is 3.72. The van der Waals surface area contributed by atoms with Gasteiger partial charge in [-0.3, -0.25) is 0 Å². The molecule has 1 N–H and O–H groups in total. The lowest BCUT2D eigenvalue weighted by atomic mass is 10.2. The molecule has 0 amide bonds. The standard InChI is InChI=1S/C20H25N5OS/c1-2-13-26-19-11-6-8-17(15-19)16-21-12-7-14-27-20-22-23-24-25(20)18-9-4-3-5-10-18/h3-6,8-11,15,21H,2,7,12-14,16H2,1H3. The lowest BCUT2D eigenvalue weighted by Gasteiger charge is -2.08. The Hall–Kier alpha value is -2.38. The van der Waals surface area contributed by atoms with Crippen LogP contribution in [-0.4, -0.2) is 39.1 Å². The highest BCUT2D eigenvalue weighted by Gasteiger charge is 2.08. The van der Waals surface area contributed by atoms with Gasteiger partial charge in [0.15, 0.2) is 0 Å². The third kappa shape index (κ3) is 6.08. The van der Waals surface area contributed by atoms with Crippen LogP contribution in [0.2, 0.25) is 0 Å². The number of aromatic nitrogens is 4. The number of benzene rings is 2. The number of nitrogens with one attached hydrogen (secondary N) is 1. The summed E-state index contributed by atoms with van der Waals surface area (Å²) in [5, 5.41) is 16.3. The van der Waals surface area contributed by atoms with E-state index in [-0.39, 0.29) is 0 Å². The fourth-order valence-corrected chi connectivity index (χ4v) is 3.39. The van der Waals surface area contributed by atoms with Crippen molar-refractivity contribution in [3.8, 4) is 11.4 Å². The lowest BCUT2D eigenvalue weighted by Crippen LogP contribution is -2.15. The SMILES string of the molecule is CCCOc1cccc(CNCCCSc2nnnn2-c2ccccc2)c1. The highest BCUT2D eigenvalue weighted by Crippen LogP contribution is 2.18. The summed E-state index contributed by atoms with van der Waals surface area (Å²) in [6, 6.07) is 18.2. The first-order valence-corrected chi connectivity index (χ1v) is 10.2. The molecule has 2 aromatic carbocycles. The molecule has 0 saturated heterocycles. The summed E-state index contributed by atoms with van der Waals surface area (Å²) in [6.45, 7) is 4.66. The van der Waals surface area contributed by atoms with Crippen molar-refractivity contribution in [2.45, 2.75) is 31.5 Å². The van der Waals surface area contributed by atoms with Gasteiger partial charge in [-0.1, -0.05) is 49.0 Å². The molecule has 1 aromatic heterocycles. The van der Waals surface area contributed by atoms with Crippen molar-refractivity contribution in [1.82, 2.24) is 25.5 Å². The zero-order valence-corrected chi connectivity index (χ0v) is 16.4. The first-order chi connectivity index (χ1) is 13.4. The molecule has 0 atom stereocenters. The van der Waals surface area contributed by atoms with E-state index >= 15 is 0 Å². The monoisotopic (exact) mass is 383 g/mol. The number of tetrazole rings is 1. The minimum Gasteiger partial charge on any atom is -0.494 e. The Bertz CT molecular complexity index is 809. The van der Waals surface area contributed by atoms with Crippen LogP contribution in [0.3, 0.4) is 0 Å². The van der Waals surface area contributed by atoms with Crippen LogP contribution in [-0.2, 0) is 6.54 Å². The highest BCUT2D eigenvalue weighted by molar-refractivity contribution is 7.99. The van der Waals surface area contributed by atoms with E-state index in [1.807, 2.05) is 42.5 Å². The van der Waals surface area contributed by atoms with Gasteiger partial charge in [-0.2, -0.15) is 4.68 Å². The average Bonchev–Trinajstić information content (AvgIpc) is 3.18. The summed E-state index contributed by atoms with van der Waals surface area (Å²) in [5.41, 5.74) is 2.22. The van der Waals surface area contributed by atoms with Gasteiger partial charge in [0.1, 0.15) is 5.75 Å². The molecule has 142 valence electrons. The molecule has 0 spiro atoms. The van der Waals surface area contributed by atoms with Gasteiger partial charge in [0.25, 0.3) is 0 Å². The van der Waals surface area contributed by atoms with Crippen molar-refractivity contribution in [1.29, 1.82) is 0 Å². The van der Waals surface area contributed by atoms with Gasteiger partial charge in [0.05, 0.1) is 12.3 Å². The van der Waals surface area contributed by atoms with Crippen LogP contribution in [0.5, 0.6) is 5.75 Å². The zero-order valence-electron chi connectivity index (χ0n) is 15.5. The lowest BCUT2D eigenvalue weighted by molar-refractivity contribution is 0.317. The van der Waals surface area contributed by atoms with Crippen LogP contribution in [0, 0.1) is 0 Å². The molecular weight excluding hydrogens is 358 g/mol. The third-order valence-electron chi connectivity index (χ3n) is 3.87. The van der Waals surface area contributed by atoms with Crippen molar-refractivity contribution in [3.63, 3.8) is 0 Å². The molecule has 0 fully saturated rings. The molecule has 0 aliphatic carbocycles. The molecule has 6 nitrogen and oxygen atoms in total. The summed E-state index contributed by atoms with van der Waals surface area (Å²) in [4.78, 5) is 0. The maximum absolute atomic E-state index is 5.68. The fraction of sp³-hybridized carbons (Fsp3) is 0.350. The Morgan fingerprint density at radius 3 is 2.85 bits per heavy atom. The van der Waals surface area contributed by atoms with Gasteiger partial charge in [-0.15, -0.1) is 5.10 Å². The Morgan fingerprint density at radius 1 is 1.11 bits per heavy atom. The summed E-state index contributed by atoms with van der Waals surface area (Å²) >= 11 is 1.67. The molecule has 0 aliphatic rings. The van der Waals surface area contributed by atoms with Crippen LogP contribution in [0.25, 0.3) is 5.69 Å². The Morgan fingerprint density at radius 2 is 2.00 bits per heavy atom. The van der Waals surface area contributed by atoms with Crippen LogP contribution < -0.4 is 10.1 Å². The summed E-state index contributed by atoms with van der Waals surface area (Å²) in [5.74, 6) is 1.90. The minimum absolute atomic E-state index is 0.760. The van der Waals surface area contributed by atoms with Gasteiger partial charge >= 0.3 is 0 Å². The van der Waals surface area contributed by atoms with Gasteiger partial charge in [-0.05, 0) is 59.6 Å². The number of hydrogen-bond donors (Lipinski definition) is 1. The molecule has 3 rings (SSSR count). The molecule has 0 aliphatic heterocycles. The molecule has 0 unspecified atom stereocenters. The van der Waals surface area contributed by atoms with Crippen LogP contribution in [0.15, 0.2) is 59.8 Å². The number of nitrogens with zero attached hydrogens (tertiary/aromatic N) is 4. The fourth-order valence-electron chi connectivity index (χ4n) is 2.56. The Kier molecular flexibility index (Phi) is 7.68. The summed E-state index contributed by atoms with van der Waals surface area (Å²) in [6.07, 6.45) is 2.06. The largest absolute Gasteiger partial charge is 0.494 e. The predicted molar refractivity (Wildman–Crippen MR) is 108 cm³/mol. The van der Waals surface area contributed by atoms with Crippen LogP contribution in [0.1, 0.15) is 25.3 Å². The van der Waals surface area contributed by atoms with Gasteiger partial charge < -0.3 is 10.1 Å². The zero-order chi connectivity index (χ0) is 18.7. The number of para-hydroxylation sites is 1. The van der Waals surface area contributed by atoms with E-state index in [0.29, 0.717) is 0 Å². The number of rotatable bonds is 11. The van der Waals surface area contributed by atoms with Crippen molar-refractivity contribution < 1.29 is 4.74 Å². The second kappa shape index (κ2) is 10.7. The molecule has 1 heterocycles. The van der Waals surface area contributed by atoms with E-state index in [1.165, 1.54) is 5.56 Å². The van der Waals surface area contributed by atoms with E-state index in [9.17, 15) is 0 Å². The van der Waals surface area contributed by atoms with Gasteiger partial charge in [0, 0.05) is 12.3 Å². The van der Waals surface area contributed by atoms with Crippen molar-refractivity contribution >= 4 is 11.8 Å². The van der Waals surface area contributed by atoms with Crippen molar-refractivity contribution in [2.24, 2.45) is 0 Å². The van der Waals surface area contributed by atoms with E-state index in [0.717, 1.165) is 54.9 Å². The topological polar surface area (TPSA) is 64.9 Å². The summed E-state index contributed by atoms with van der Waals surface area (Å²) < 4.78 is 7.46. The first kappa shape index (κ1) is 19.4. The number of ether oxygens (including phenoxy) is 1. The normalized spacial score (nSPS) is 10.9. The number of thioether (sulfide) groups is 1. The molecule has 3 aromatic rings. The van der Waals surface area contributed by atoms with Gasteiger partial charge in [0.2, 0.25) is 5.16 Å². The average molecular weight is 384 g/mol. The second-order valence-corrected chi connectivity index (χ2v) is 7.15. The highest BCUT2D eigenvalue weighted by atomic mass is 32.2. The number of hydrogen-bond acceptors (Lipinski definition) is 6.